The molecule has 0 saturated carbocycles. The lowest BCUT2D eigenvalue weighted by Gasteiger charge is -2.12. The minimum atomic E-state index is -0.454. The largest absolute Gasteiger partial charge is 0.494 e. The first-order valence-electron chi connectivity index (χ1n) is 7.58. The summed E-state index contributed by atoms with van der Waals surface area (Å²) in [5.74, 6) is 0.290. The summed E-state index contributed by atoms with van der Waals surface area (Å²) in [6.07, 6.45) is 0. The van der Waals surface area contributed by atoms with E-state index in [9.17, 15) is 9.59 Å². The Balaban J connectivity index is 1.96. The van der Waals surface area contributed by atoms with Crippen molar-refractivity contribution in [2.45, 2.75) is 13.5 Å². The average molecular weight is 328 g/mol. The third-order valence-electron chi connectivity index (χ3n) is 3.25. The normalized spacial score (nSPS) is 9.92. The van der Waals surface area contributed by atoms with Crippen LogP contribution in [0.4, 0.5) is 10.5 Å². The van der Waals surface area contributed by atoms with Crippen molar-refractivity contribution in [3.8, 4) is 5.75 Å². The van der Waals surface area contributed by atoms with Crippen LogP contribution >= 0.6 is 0 Å². The number of para-hydroxylation sites is 1. The summed E-state index contributed by atoms with van der Waals surface area (Å²) in [6.45, 7) is 2.80. The number of ether oxygens (including phenoxy) is 2. The van der Waals surface area contributed by atoms with E-state index < -0.39 is 5.97 Å². The van der Waals surface area contributed by atoms with E-state index in [2.05, 4.69) is 15.4 Å². The summed E-state index contributed by atoms with van der Waals surface area (Å²) in [6, 6.07) is 13.7. The molecule has 0 bridgehead atoms. The number of nitrogens with one attached hydrogen (secondary N) is 2. The van der Waals surface area contributed by atoms with Crippen LogP contribution in [-0.4, -0.2) is 25.7 Å². The molecule has 0 fully saturated rings. The van der Waals surface area contributed by atoms with Gasteiger partial charge in [0.25, 0.3) is 0 Å². The van der Waals surface area contributed by atoms with Gasteiger partial charge in [0.1, 0.15) is 5.75 Å². The summed E-state index contributed by atoms with van der Waals surface area (Å²) in [5.41, 5.74) is 1.77. The zero-order valence-electron chi connectivity index (χ0n) is 13.7. The summed E-state index contributed by atoms with van der Waals surface area (Å²) in [4.78, 5) is 23.5. The van der Waals surface area contributed by atoms with Crippen molar-refractivity contribution in [1.29, 1.82) is 0 Å². The van der Waals surface area contributed by atoms with Gasteiger partial charge in [-0.15, -0.1) is 0 Å². The van der Waals surface area contributed by atoms with Crippen LogP contribution in [0.25, 0.3) is 0 Å². The maximum absolute atomic E-state index is 12.0. The van der Waals surface area contributed by atoms with Crippen molar-refractivity contribution in [2.24, 2.45) is 0 Å². The predicted molar refractivity (Wildman–Crippen MR) is 91.3 cm³/mol. The van der Waals surface area contributed by atoms with Crippen molar-refractivity contribution in [1.82, 2.24) is 5.32 Å². The van der Waals surface area contributed by atoms with Gasteiger partial charge in [-0.2, -0.15) is 0 Å². The first-order valence-corrected chi connectivity index (χ1v) is 7.58. The Hall–Kier alpha value is -3.02. The number of hydrogen-bond donors (Lipinski definition) is 2. The number of carbonyl (C=O) groups excluding carboxylic acids is 2. The van der Waals surface area contributed by atoms with Crippen molar-refractivity contribution in [2.75, 3.05) is 19.0 Å². The number of anilines is 1. The molecule has 0 atom stereocenters. The molecule has 0 aliphatic heterocycles. The van der Waals surface area contributed by atoms with E-state index in [0.29, 0.717) is 24.4 Å². The van der Waals surface area contributed by atoms with Crippen LogP contribution < -0.4 is 15.4 Å². The molecule has 0 aromatic heterocycles. The number of esters is 1. The van der Waals surface area contributed by atoms with Gasteiger partial charge in [0.05, 0.1) is 19.3 Å². The average Bonchev–Trinajstić information content (AvgIpc) is 2.61. The van der Waals surface area contributed by atoms with E-state index in [0.717, 1.165) is 11.3 Å². The zero-order chi connectivity index (χ0) is 17.4. The molecule has 0 aliphatic carbocycles. The monoisotopic (exact) mass is 328 g/mol. The standard InChI is InChI=1S/C18H20N2O4/c1-3-24-16-10-5-4-7-14(16)12-19-18(22)20-15-9-6-8-13(11-15)17(21)23-2/h4-11H,3,12H2,1-2H3,(H2,19,20,22). The van der Waals surface area contributed by atoms with Gasteiger partial charge in [-0.05, 0) is 31.2 Å². The van der Waals surface area contributed by atoms with Gasteiger partial charge in [-0.3, -0.25) is 0 Å². The first kappa shape index (κ1) is 17.3. The van der Waals surface area contributed by atoms with E-state index in [1.807, 2.05) is 31.2 Å². The topological polar surface area (TPSA) is 76.7 Å². The van der Waals surface area contributed by atoms with Gasteiger partial charge in [0.15, 0.2) is 0 Å². The van der Waals surface area contributed by atoms with Gasteiger partial charge in [-0.1, -0.05) is 24.3 Å². The Bertz CT molecular complexity index is 716. The summed E-state index contributed by atoms with van der Waals surface area (Å²) >= 11 is 0. The van der Waals surface area contributed by atoms with E-state index >= 15 is 0 Å². The highest BCUT2D eigenvalue weighted by atomic mass is 16.5. The highest BCUT2D eigenvalue weighted by Crippen LogP contribution is 2.17. The number of hydrogen-bond acceptors (Lipinski definition) is 4. The maximum atomic E-state index is 12.0. The molecule has 6 nitrogen and oxygen atoms in total. The minimum absolute atomic E-state index is 0.332. The smallest absolute Gasteiger partial charge is 0.337 e. The van der Waals surface area contributed by atoms with Crippen LogP contribution in [0.15, 0.2) is 48.5 Å². The quantitative estimate of drug-likeness (QED) is 0.799. The Morgan fingerprint density at radius 2 is 1.88 bits per heavy atom. The molecule has 0 aliphatic rings. The summed E-state index contributed by atoms with van der Waals surface area (Å²) in [5, 5.41) is 5.45. The number of amides is 2. The molecule has 2 rings (SSSR count). The molecule has 0 heterocycles. The summed E-state index contributed by atoms with van der Waals surface area (Å²) < 4.78 is 10.2. The number of benzene rings is 2. The Morgan fingerprint density at radius 3 is 2.62 bits per heavy atom. The fourth-order valence-electron chi connectivity index (χ4n) is 2.14. The van der Waals surface area contributed by atoms with E-state index in [4.69, 9.17) is 4.74 Å². The molecular formula is C18H20N2O4. The summed E-state index contributed by atoms with van der Waals surface area (Å²) in [7, 11) is 1.31. The lowest BCUT2D eigenvalue weighted by Crippen LogP contribution is -2.28. The van der Waals surface area contributed by atoms with E-state index in [1.165, 1.54) is 7.11 Å². The van der Waals surface area contributed by atoms with Crippen molar-refractivity contribution in [3.05, 3.63) is 59.7 Å². The molecule has 126 valence electrons. The molecule has 2 aromatic rings. The number of methoxy groups -OCH3 is 1. The Morgan fingerprint density at radius 1 is 1.08 bits per heavy atom. The molecule has 2 N–H and O–H groups in total. The van der Waals surface area contributed by atoms with Crippen LogP contribution in [0.1, 0.15) is 22.8 Å². The van der Waals surface area contributed by atoms with Gasteiger partial charge in [0, 0.05) is 17.8 Å². The molecule has 2 amide bonds. The highest BCUT2D eigenvalue weighted by Gasteiger charge is 2.08. The fourth-order valence-corrected chi connectivity index (χ4v) is 2.14. The second kappa shape index (κ2) is 8.57. The van der Waals surface area contributed by atoms with Crippen LogP contribution in [0, 0.1) is 0 Å². The third kappa shape index (κ3) is 4.74. The van der Waals surface area contributed by atoms with Crippen LogP contribution in [-0.2, 0) is 11.3 Å². The van der Waals surface area contributed by atoms with Crippen LogP contribution in [0.5, 0.6) is 5.75 Å². The van der Waals surface area contributed by atoms with Crippen LogP contribution in [0.2, 0.25) is 0 Å². The fraction of sp³-hybridized carbons (Fsp3) is 0.222. The van der Waals surface area contributed by atoms with Crippen molar-refractivity contribution >= 4 is 17.7 Å². The van der Waals surface area contributed by atoms with Crippen molar-refractivity contribution in [3.63, 3.8) is 0 Å². The van der Waals surface area contributed by atoms with Crippen LogP contribution in [0.3, 0.4) is 0 Å². The predicted octanol–water partition coefficient (Wildman–Crippen LogP) is 3.19. The molecule has 2 aromatic carbocycles. The number of urea groups is 1. The molecule has 6 heteroatoms. The highest BCUT2D eigenvalue weighted by molar-refractivity contribution is 5.93. The van der Waals surface area contributed by atoms with Crippen molar-refractivity contribution < 1.29 is 19.1 Å². The Labute approximate surface area is 140 Å². The SMILES string of the molecule is CCOc1ccccc1CNC(=O)Nc1cccc(C(=O)OC)c1. The molecule has 24 heavy (non-hydrogen) atoms. The van der Waals surface area contributed by atoms with E-state index in [-0.39, 0.29) is 6.03 Å². The maximum Gasteiger partial charge on any atom is 0.337 e. The number of carbonyl (C=O) groups is 2. The number of rotatable bonds is 6. The first-order chi connectivity index (χ1) is 11.6. The van der Waals surface area contributed by atoms with Gasteiger partial charge >= 0.3 is 12.0 Å². The minimum Gasteiger partial charge on any atom is -0.494 e. The van der Waals surface area contributed by atoms with Gasteiger partial charge in [0.2, 0.25) is 0 Å². The molecule has 0 spiro atoms. The lowest BCUT2D eigenvalue weighted by atomic mass is 10.2. The second-order valence-corrected chi connectivity index (χ2v) is 4.92. The Kier molecular flexibility index (Phi) is 6.19. The molecule has 0 radical (unpaired) electrons. The lowest BCUT2D eigenvalue weighted by molar-refractivity contribution is 0.0600. The molecule has 0 unspecified atom stereocenters. The zero-order valence-corrected chi connectivity index (χ0v) is 13.7. The molecular weight excluding hydrogens is 308 g/mol. The molecule has 0 saturated heterocycles. The third-order valence-corrected chi connectivity index (χ3v) is 3.25. The van der Waals surface area contributed by atoms with Gasteiger partial charge < -0.3 is 20.1 Å². The van der Waals surface area contributed by atoms with E-state index in [1.54, 1.807) is 24.3 Å². The van der Waals surface area contributed by atoms with Gasteiger partial charge in [-0.25, -0.2) is 9.59 Å². The second-order valence-electron chi connectivity index (χ2n) is 4.92.